The number of pyridine rings is 1. The molecular weight excluding hydrogens is 288 g/mol. The third-order valence-electron chi connectivity index (χ3n) is 2.73. The molecule has 7 heteroatoms. The lowest BCUT2D eigenvalue weighted by atomic mass is 10.3. The number of rotatable bonds is 3. The zero-order chi connectivity index (χ0) is 14.0. The van der Waals surface area contributed by atoms with Gasteiger partial charge in [0, 0.05) is 31.2 Å². The Labute approximate surface area is 120 Å². The van der Waals surface area contributed by atoms with E-state index in [1.807, 2.05) is 0 Å². The molecule has 1 amide bonds. The molecule has 0 aliphatic carbocycles. The van der Waals surface area contributed by atoms with Crippen LogP contribution in [0.2, 0.25) is 5.15 Å². The molecule has 0 radical (unpaired) electrons. The van der Waals surface area contributed by atoms with Crippen LogP contribution in [-0.2, 0) is 9.59 Å². The number of hydrogen-bond acceptors (Lipinski definition) is 5. The molecule has 0 saturated carbocycles. The van der Waals surface area contributed by atoms with Gasteiger partial charge in [-0.2, -0.15) is 4.98 Å². The maximum Gasteiger partial charge on any atom is 0.228 e. The van der Waals surface area contributed by atoms with Gasteiger partial charge in [0.15, 0.2) is 10.3 Å². The molecule has 2 rings (SSSR count). The van der Waals surface area contributed by atoms with Crippen LogP contribution in [0.5, 0.6) is 5.88 Å². The van der Waals surface area contributed by atoms with Crippen molar-refractivity contribution in [3.05, 3.63) is 17.3 Å². The van der Waals surface area contributed by atoms with E-state index in [2.05, 4.69) is 4.98 Å². The van der Waals surface area contributed by atoms with Crippen molar-refractivity contribution < 1.29 is 14.3 Å². The lowest BCUT2D eigenvalue weighted by Crippen LogP contribution is -2.25. The number of hydrogen-bond donors (Lipinski definition) is 0. The van der Waals surface area contributed by atoms with Crippen LogP contribution in [-0.4, -0.2) is 34.9 Å². The van der Waals surface area contributed by atoms with Gasteiger partial charge in [-0.25, -0.2) is 0 Å². The number of thioether (sulfide) groups is 1. The lowest BCUT2D eigenvalue weighted by Gasteiger charge is -2.17. The molecule has 1 saturated heterocycles. The number of methoxy groups -OCH3 is 1. The largest absolute Gasteiger partial charge is 0.481 e. The Hall–Kier alpha value is -1.27. The topological polar surface area (TPSA) is 59.5 Å². The summed E-state index contributed by atoms with van der Waals surface area (Å²) in [4.78, 5) is 28.6. The van der Waals surface area contributed by atoms with Gasteiger partial charge in [-0.1, -0.05) is 23.4 Å². The highest BCUT2D eigenvalue weighted by molar-refractivity contribution is 8.14. The average Bonchev–Trinajstić information content (AvgIpc) is 2.69. The molecule has 0 bridgehead atoms. The van der Waals surface area contributed by atoms with E-state index in [-0.39, 0.29) is 21.4 Å². The second-order valence-corrected chi connectivity index (χ2v) is 5.94. The first-order chi connectivity index (χ1) is 9.01. The first-order valence-corrected chi connectivity index (χ1v) is 6.95. The SMILES string of the molecule is COc1ccc(N2CC(SC(C)=O)CC2=O)c(Cl)n1. The molecule has 1 aliphatic rings. The summed E-state index contributed by atoms with van der Waals surface area (Å²) in [6.07, 6.45) is 0.340. The van der Waals surface area contributed by atoms with Crippen molar-refractivity contribution in [2.75, 3.05) is 18.6 Å². The third-order valence-corrected chi connectivity index (χ3v) is 3.98. The minimum absolute atomic E-state index is 0.0126. The summed E-state index contributed by atoms with van der Waals surface area (Å²) in [5, 5.41) is 0.211. The van der Waals surface area contributed by atoms with Gasteiger partial charge in [0.1, 0.15) is 0 Å². The Morgan fingerprint density at radius 2 is 2.32 bits per heavy atom. The van der Waals surface area contributed by atoms with E-state index in [1.54, 1.807) is 17.0 Å². The van der Waals surface area contributed by atoms with Crippen LogP contribution < -0.4 is 9.64 Å². The van der Waals surface area contributed by atoms with Gasteiger partial charge in [-0.05, 0) is 6.07 Å². The van der Waals surface area contributed by atoms with Crippen LogP contribution in [0.15, 0.2) is 12.1 Å². The summed E-state index contributed by atoms with van der Waals surface area (Å²) in [5.41, 5.74) is 0.555. The number of carbonyl (C=O) groups excluding carboxylic acids is 2. The van der Waals surface area contributed by atoms with Crippen molar-refractivity contribution in [2.45, 2.75) is 18.6 Å². The Bertz CT molecular complexity index is 524. The molecule has 1 aromatic heterocycles. The van der Waals surface area contributed by atoms with Gasteiger partial charge in [0.2, 0.25) is 11.8 Å². The molecule has 5 nitrogen and oxygen atoms in total. The zero-order valence-electron chi connectivity index (χ0n) is 10.6. The summed E-state index contributed by atoms with van der Waals surface area (Å²) in [6, 6.07) is 3.35. The van der Waals surface area contributed by atoms with E-state index in [9.17, 15) is 9.59 Å². The molecule has 0 N–H and O–H groups in total. The van der Waals surface area contributed by atoms with Crippen LogP contribution in [0.3, 0.4) is 0 Å². The summed E-state index contributed by atoms with van der Waals surface area (Å²) in [5.74, 6) is 0.350. The molecule has 1 aliphatic heterocycles. The second kappa shape index (κ2) is 5.79. The zero-order valence-corrected chi connectivity index (χ0v) is 12.1. The van der Waals surface area contributed by atoms with Gasteiger partial charge in [-0.3, -0.25) is 9.59 Å². The highest BCUT2D eigenvalue weighted by atomic mass is 35.5. The molecule has 102 valence electrons. The van der Waals surface area contributed by atoms with Gasteiger partial charge < -0.3 is 9.64 Å². The average molecular weight is 301 g/mol. The van der Waals surface area contributed by atoms with Crippen molar-refractivity contribution >= 4 is 40.1 Å². The van der Waals surface area contributed by atoms with Crippen LogP contribution in [0.1, 0.15) is 13.3 Å². The van der Waals surface area contributed by atoms with Gasteiger partial charge in [0.05, 0.1) is 12.8 Å². The number of carbonyl (C=O) groups is 2. The molecule has 1 fully saturated rings. The number of amides is 1. The Morgan fingerprint density at radius 3 is 2.89 bits per heavy atom. The second-order valence-electron chi connectivity index (χ2n) is 4.10. The van der Waals surface area contributed by atoms with Crippen LogP contribution >= 0.6 is 23.4 Å². The quantitative estimate of drug-likeness (QED) is 0.800. The first-order valence-electron chi connectivity index (χ1n) is 5.69. The van der Waals surface area contributed by atoms with Gasteiger partial charge in [-0.15, -0.1) is 0 Å². The van der Waals surface area contributed by atoms with Crippen molar-refractivity contribution in [2.24, 2.45) is 0 Å². The Balaban J connectivity index is 2.18. The maximum atomic E-state index is 12.0. The number of halogens is 1. The highest BCUT2D eigenvalue weighted by Crippen LogP contribution is 2.33. The molecule has 0 spiro atoms. The molecule has 2 heterocycles. The summed E-state index contributed by atoms with van der Waals surface area (Å²) >= 11 is 7.24. The van der Waals surface area contributed by atoms with Crippen LogP contribution in [0.25, 0.3) is 0 Å². The minimum atomic E-state index is -0.0485. The summed E-state index contributed by atoms with van der Waals surface area (Å²) in [6.45, 7) is 1.97. The van der Waals surface area contributed by atoms with Crippen molar-refractivity contribution in [3.63, 3.8) is 0 Å². The Kier molecular flexibility index (Phi) is 4.31. The fourth-order valence-electron chi connectivity index (χ4n) is 1.95. The number of anilines is 1. The van der Waals surface area contributed by atoms with E-state index < -0.39 is 0 Å². The van der Waals surface area contributed by atoms with Crippen molar-refractivity contribution in [1.29, 1.82) is 0 Å². The molecule has 1 unspecified atom stereocenters. The highest BCUT2D eigenvalue weighted by Gasteiger charge is 2.33. The van der Waals surface area contributed by atoms with Crippen LogP contribution in [0.4, 0.5) is 5.69 Å². The fraction of sp³-hybridized carbons (Fsp3) is 0.417. The number of nitrogens with zero attached hydrogens (tertiary/aromatic N) is 2. The van der Waals surface area contributed by atoms with Crippen molar-refractivity contribution in [3.8, 4) is 5.88 Å². The first kappa shape index (κ1) is 14.1. The van der Waals surface area contributed by atoms with E-state index in [4.69, 9.17) is 16.3 Å². The van der Waals surface area contributed by atoms with Gasteiger partial charge >= 0.3 is 0 Å². The van der Waals surface area contributed by atoms with Crippen molar-refractivity contribution in [1.82, 2.24) is 4.98 Å². The predicted molar refractivity (Wildman–Crippen MR) is 74.8 cm³/mol. The third kappa shape index (κ3) is 3.19. The number of aromatic nitrogens is 1. The normalized spacial score (nSPS) is 18.8. The number of ether oxygens (including phenoxy) is 1. The van der Waals surface area contributed by atoms with E-state index >= 15 is 0 Å². The monoisotopic (exact) mass is 300 g/mol. The standard InChI is InChI=1S/C12H13ClN2O3S/c1-7(16)19-8-5-11(17)15(6-8)9-3-4-10(18-2)14-12(9)13/h3-4,8H,5-6H2,1-2H3. The molecular formula is C12H13ClN2O3S. The molecule has 0 aromatic carbocycles. The van der Waals surface area contributed by atoms with E-state index in [0.717, 1.165) is 0 Å². The summed E-state index contributed by atoms with van der Waals surface area (Å²) < 4.78 is 4.97. The maximum absolute atomic E-state index is 12.0. The smallest absolute Gasteiger partial charge is 0.228 e. The summed E-state index contributed by atoms with van der Waals surface area (Å²) in [7, 11) is 1.50. The van der Waals surface area contributed by atoms with E-state index in [0.29, 0.717) is 24.5 Å². The molecule has 1 aromatic rings. The fourth-order valence-corrected chi connectivity index (χ4v) is 3.11. The van der Waals surface area contributed by atoms with E-state index in [1.165, 1.54) is 25.8 Å². The minimum Gasteiger partial charge on any atom is -0.481 e. The Morgan fingerprint density at radius 1 is 1.58 bits per heavy atom. The predicted octanol–water partition coefficient (Wildman–Crippen LogP) is 2.13. The molecule has 19 heavy (non-hydrogen) atoms. The molecule has 1 atom stereocenters. The van der Waals surface area contributed by atoms with Gasteiger partial charge in [0.25, 0.3) is 0 Å². The van der Waals surface area contributed by atoms with Crippen LogP contribution in [0, 0.1) is 0 Å². The lowest BCUT2D eigenvalue weighted by molar-refractivity contribution is -0.117.